The van der Waals surface area contributed by atoms with Crippen LogP contribution < -0.4 is 10.2 Å². The first-order valence-corrected chi connectivity index (χ1v) is 8.19. The highest BCUT2D eigenvalue weighted by Gasteiger charge is 2.26. The Hall–Kier alpha value is -1.21. The fourth-order valence-electron chi connectivity index (χ4n) is 2.69. The molecular formula is C14H21BrN4O2. The highest BCUT2D eigenvalue weighted by atomic mass is 79.9. The van der Waals surface area contributed by atoms with E-state index in [0.29, 0.717) is 16.2 Å². The van der Waals surface area contributed by atoms with E-state index in [1.165, 1.54) is 12.6 Å². The fraction of sp³-hybridized carbons (Fsp3) is 0.643. The lowest BCUT2D eigenvalue weighted by atomic mass is 10.2. The zero-order valence-corrected chi connectivity index (χ0v) is 13.8. The van der Waals surface area contributed by atoms with Gasteiger partial charge in [-0.3, -0.25) is 15.1 Å². The Morgan fingerprint density at radius 1 is 1.57 bits per heavy atom. The largest absolute Gasteiger partial charge is 0.363 e. The normalized spacial score (nSPS) is 17.9. The van der Waals surface area contributed by atoms with Crippen LogP contribution in [0.25, 0.3) is 0 Å². The summed E-state index contributed by atoms with van der Waals surface area (Å²) in [5, 5.41) is 14.8. The minimum absolute atomic E-state index is 0.0680. The van der Waals surface area contributed by atoms with Crippen molar-refractivity contribution in [2.24, 2.45) is 0 Å². The molecule has 0 spiro atoms. The highest BCUT2D eigenvalue weighted by molar-refractivity contribution is 9.10. The van der Waals surface area contributed by atoms with Crippen molar-refractivity contribution in [2.75, 3.05) is 24.5 Å². The van der Waals surface area contributed by atoms with Crippen LogP contribution in [0.2, 0.25) is 0 Å². The molecule has 0 aliphatic carbocycles. The Bertz CT molecular complexity index is 492. The van der Waals surface area contributed by atoms with E-state index in [2.05, 4.69) is 38.1 Å². The summed E-state index contributed by atoms with van der Waals surface area (Å²) in [6.07, 6.45) is 7.33. The van der Waals surface area contributed by atoms with Crippen molar-refractivity contribution in [1.82, 2.24) is 10.3 Å². The molecule has 1 saturated heterocycles. The Morgan fingerprint density at radius 3 is 3.00 bits per heavy atom. The molecule has 1 atom stereocenters. The molecule has 0 amide bonds. The molecule has 1 unspecified atom stereocenters. The molecule has 116 valence electrons. The van der Waals surface area contributed by atoms with E-state index in [0.717, 1.165) is 38.9 Å². The molecule has 7 heteroatoms. The molecular weight excluding hydrogens is 336 g/mol. The van der Waals surface area contributed by atoms with Crippen LogP contribution in [0.5, 0.6) is 0 Å². The molecule has 1 aromatic heterocycles. The number of pyridine rings is 1. The number of anilines is 1. The van der Waals surface area contributed by atoms with Gasteiger partial charge in [-0.2, -0.15) is 0 Å². The SMILES string of the molecule is CCCCN(CC1CCCN1)c1c(Br)cncc1[N+](=O)[O-]. The first-order valence-electron chi connectivity index (χ1n) is 7.39. The van der Waals surface area contributed by atoms with E-state index in [-0.39, 0.29) is 10.6 Å². The third kappa shape index (κ3) is 4.14. The molecule has 1 fully saturated rings. The number of aromatic nitrogens is 1. The molecule has 2 rings (SSSR count). The van der Waals surface area contributed by atoms with Crippen molar-refractivity contribution in [3.8, 4) is 0 Å². The number of unbranched alkanes of at least 4 members (excludes halogenated alkanes) is 1. The third-order valence-corrected chi connectivity index (χ3v) is 4.33. The molecule has 6 nitrogen and oxygen atoms in total. The predicted molar refractivity (Wildman–Crippen MR) is 86.7 cm³/mol. The molecule has 2 heterocycles. The van der Waals surface area contributed by atoms with Crippen LogP contribution in [0.1, 0.15) is 32.6 Å². The topological polar surface area (TPSA) is 71.3 Å². The van der Waals surface area contributed by atoms with Crippen molar-refractivity contribution in [2.45, 2.75) is 38.6 Å². The van der Waals surface area contributed by atoms with Gasteiger partial charge in [0.05, 0.1) is 9.40 Å². The maximum atomic E-state index is 11.3. The van der Waals surface area contributed by atoms with Gasteiger partial charge in [0, 0.05) is 25.3 Å². The lowest BCUT2D eigenvalue weighted by Gasteiger charge is -2.28. The monoisotopic (exact) mass is 356 g/mol. The quantitative estimate of drug-likeness (QED) is 0.600. The lowest BCUT2D eigenvalue weighted by molar-refractivity contribution is -0.384. The molecule has 0 aromatic carbocycles. The van der Waals surface area contributed by atoms with Crippen molar-refractivity contribution in [3.05, 3.63) is 27.0 Å². The van der Waals surface area contributed by atoms with Gasteiger partial charge in [-0.1, -0.05) is 13.3 Å². The van der Waals surface area contributed by atoms with Gasteiger partial charge in [0.1, 0.15) is 11.9 Å². The molecule has 1 aromatic rings. The molecule has 1 aliphatic rings. The minimum Gasteiger partial charge on any atom is -0.363 e. The van der Waals surface area contributed by atoms with E-state index in [4.69, 9.17) is 0 Å². The summed E-state index contributed by atoms with van der Waals surface area (Å²) in [4.78, 5) is 17.0. The molecule has 21 heavy (non-hydrogen) atoms. The smallest absolute Gasteiger partial charge is 0.311 e. The third-order valence-electron chi connectivity index (χ3n) is 3.75. The first-order chi connectivity index (χ1) is 10.1. The van der Waals surface area contributed by atoms with Crippen LogP contribution in [-0.4, -0.2) is 35.6 Å². The number of rotatable bonds is 7. The minimum atomic E-state index is -0.353. The first kappa shape index (κ1) is 16.2. The van der Waals surface area contributed by atoms with E-state index in [1.807, 2.05) is 0 Å². The van der Waals surface area contributed by atoms with Gasteiger partial charge in [-0.05, 0) is 41.7 Å². The van der Waals surface area contributed by atoms with Gasteiger partial charge in [0.25, 0.3) is 0 Å². The summed E-state index contributed by atoms with van der Waals surface area (Å²) in [6, 6.07) is 0.404. The van der Waals surface area contributed by atoms with Crippen LogP contribution in [0, 0.1) is 10.1 Å². The molecule has 0 radical (unpaired) electrons. The summed E-state index contributed by atoms with van der Waals surface area (Å²) in [7, 11) is 0. The number of halogens is 1. The summed E-state index contributed by atoms with van der Waals surface area (Å²) in [5.41, 5.74) is 0.718. The zero-order valence-electron chi connectivity index (χ0n) is 12.2. The predicted octanol–water partition coefficient (Wildman–Crippen LogP) is 3.11. The average Bonchev–Trinajstić information content (AvgIpc) is 2.96. The molecule has 0 saturated carbocycles. The van der Waals surface area contributed by atoms with E-state index in [9.17, 15) is 10.1 Å². The maximum absolute atomic E-state index is 11.3. The van der Waals surface area contributed by atoms with Crippen molar-refractivity contribution < 1.29 is 4.92 Å². The van der Waals surface area contributed by atoms with Gasteiger partial charge in [-0.25, -0.2) is 0 Å². The van der Waals surface area contributed by atoms with E-state index >= 15 is 0 Å². The summed E-state index contributed by atoms with van der Waals surface area (Å²) in [5.74, 6) is 0. The van der Waals surface area contributed by atoms with Crippen molar-refractivity contribution in [1.29, 1.82) is 0 Å². The number of hydrogen-bond donors (Lipinski definition) is 1. The summed E-state index contributed by atoms with van der Waals surface area (Å²) in [6.45, 7) is 4.77. The lowest BCUT2D eigenvalue weighted by Crippen LogP contribution is -2.38. The van der Waals surface area contributed by atoms with Gasteiger partial charge in [-0.15, -0.1) is 0 Å². The van der Waals surface area contributed by atoms with Crippen LogP contribution in [0.4, 0.5) is 11.4 Å². The molecule has 1 N–H and O–H groups in total. The fourth-order valence-corrected chi connectivity index (χ4v) is 3.26. The maximum Gasteiger partial charge on any atom is 0.311 e. The van der Waals surface area contributed by atoms with Gasteiger partial charge in [0.15, 0.2) is 0 Å². The standard InChI is InChI=1S/C14H21BrN4O2/c1-2-3-7-18(10-11-5-4-6-17-11)14-12(15)8-16-9-13(14)19(20)21/h8-9,11,17H,2-7,10H2,1H3. The van der Waals surface area contributed by atoms with Crippen LogP contribution in [0.3, 0.4) is 0 Å². The summed E-state index contributed by atoms with van der Waals surface area (Å²) < 4.78 is 0.686. The average molecular weight is 357 g/mol. The Morgan fingerprint density at radius 2 is 2.38 bits per heavy atom. The van der Waals surface area contributed by atoms with Gasteiger partial charge < -0.3 is 10.2 Å². The Balaban J connectivity index is 2.28. The van der Waals surface area contributed by atoms with Crippen LogP contribution in [-0.2, 0) is 0 Å². The number of hydrogen-bond acceptors (Lipinski definition) is 5. The second kappa shape index (κ2) is 7.70. The van der Waals surface area contributed by atoms with Crippen LogP contribution >= 0.6 is 15.9 Å². The van der Waals surface area contributed by atoms with E-state index in [1.54, 1.807) is 6.20 Å². The van der Waals surface area contributed by atoms with Crippen molar-refractivity contribution in [3.63, 3.8) is 0 Å². The molecule has 1 aliphatic heterocycles. The number of nitro groups is 1. The van der Waals surface area contributed by atoms with Gasteiger partial charge >= 0.3 is 5.69 Å². The summed E-state index contributed by atoms with van der Waals surface area (Å²) >= 11 is 3.43. The van der Waals surface area contributed by atoms with Gasteiger partial charge in [0.2, 0.25) is 0 Å². The highest BCUT2D eigenvalue weighted by Crippen LogP contribution is 2.35. The number of nitrogens with zero attached hydrogens (tertiary/aromatic N) is 3. The molecule has 0 bridgehead atoms. The Labute approximate surface area is 133 Å². The second-order valence-corrected chi connectivity index (χ2v) is 6.19. The Kier molecular flexibility index (Phi) is 5.93. The zero-order chi connectivity index (χ0) is 15.2. The second-order valence-electron chi connectivity index (χ2n) is 5.34. The van der Waals surface area contributed by atoms with E-state index < -0.39 is 0 Å². The van der Waals surface area contributed by atoms with Crippen molar-refractivity contribution >= 4 is 27.3 Å². The number of nitrogens with one attached hydrogen (secondary N) is 1. The van der Waals surface area contributed by atoms with Crippen LogP contribution in [0.15, 0.2) is 16.9 Å².